The molecular weight excluding hydrogens is 363 g/mol. The quantitative estimate of drug-likeness (QED) is 0.374. The number of hydrogen-bond acceptors (Lipinski definition) is 4. The number of carbonyl (C=O) groups excluding carboxylic acids is 1. The number of furan rings is 1. The largest absolute Gasteiger partial charge is 0.459 e. The molecule has 0 bridgehead atoms. The first-order valence-electron chi connectivity index (χ1n) is 8.87. The number of rotatable bonds is 7. The summed E-state index contributed by atoms with van der Waals surface area (Å²) in [5, 5.41) is 9.01. The third kappa shape index (κ3) is 7.12. The summed E-state index contributed by atoms with van der Waals surface area (Å²) >= 11 is 0. The minimum atomic E-state index is -4.17. The molecule has 1 aromatic rings. The molecule has 1 unspecified atom stereocenters. The molecule has 0 aliphatic carbocycles. The van der Waals surface area contributed by atoms with Gasteiger partial charge in [-0.3, -0.25) is 14.7 Å². The van der Waals surface area contributed by atoms with Gasteiger partial charge < -0.3 is 20.4 Å². The van der Waals surface area contributed by atoms with Gasteiger partial charge in [0.15, 0.2) is 11.7 Å². The summed E-state index contributed by atoms with van der Waals surface area (Å²) in [6.07, 6.45) is -1.40. The Balaban J connectivity index is 1.62. The van der Waals surface area contributed by atoms with E-state index in [-0.39, 0.29) is 11.9 Å². The van der Waals surface area contributed by atoms with E-state index in [1.54, 1.807) is 20.0 Å². The highest BCUT2D eigenvalue weighted by Crippen LogP contribution is 2.19. The number of hydrogen-bond donors (Lipinski definition) is 3. The van der Waals surface area contributed by atoms with Crippen LogP contribution in [-0.2, 0) is 0 Å². The highest BCUT2D eigenvalue weighted by Gasteiger charge is 2.34. The standard InChI is InChI=1S/C17H26F3N5O2/c1-12-5-9-27-14(12)15(26)22-6-3-7-23-16(21-2)24-13-4-8-25(10-13)11-17(18,19)20/h5,9,13H,3-4,6-8,10-11H2,1-2H3,(H,22,26)(H2,21,23,24). The number of nitrogens with one attached hydrogen (secondary N) is 3. The molecule has 1 aromatic heterocycles. The van der Waals surface area contributed by atoms with Crippen molar-refractivity contribution in [2.75, 3.05) is 39.8 Å². The number of aryl methyl sites for hydroxylation is 1. The van der Waals surface area contributed by atoms with E-state index in [0.717, 1.165) is 5.56 Å². The number of halogens is 3. The van der Waals surface area contributed by atoms with E-state index in [0.29, 0.717) is 50.7 Å². The van der Waals surface area contributed by atoms with Crippen LogP contribution in [0, 0.1) is 6.92 Å². The summed E-state index contributed by atoms with van der Waals surface area (Å²) in [5.74, 6) is 0.600. The van der Waals surface area contributed by atoms with Crippen LogP contribution in [0.25, 0.3) is 0 Å². The van der Waals surface area contributed by atoms with Gasteiger partial charge in [0.2, 0.25) is 0 Å². The SMILES string of the molecule is CN=C(NCCCNC(=O)c1occc1C)NC1CCN(CC(F)(F)F)C1. The molecule has 2 rings (SSSR count). The zero-order valence-corrected chi connectivity index (χ0v) is 15.5. The lowest BCUT2D eigenvalue weighted by molar-refractivity contribution is -0.143. The Morgan fingerprint density at radius 1 is 1.37 bits per heavy atom. The topological polar surface area (TPSA) is 81.9 Å². The molecule has 0 aromatic carbocycles. The number of nitrogens with zero attached hydrogens (tertiary/aromatic N) is 2. The number of aliphatic imine (C=N–C) groups is 1. The highest BCUT2D eigenvalue weighted by molar-refractivity contribution is 5.92. The van der Waals surface area contributed by atoms with Crippen molar-refractivity contribution in [1.29, 1.82) is 0 Å². The second-order valence-electron chi connectivity index (χ2n) is 6.52. The first-order chi connectivity index (χ1) is 12.8. The summed E-state index contributed by atoms with van der Waals surface area (Å²) < 4.78 is 42.4. The Hall–Kier alpha value is -2.23. The van der Waals surface area contributed by atoms with Gasteiger partial charge in [-0.15, -0.1) is 0 Å². The smallest absolute Gasteiger partial charge is 0.401 e. The van der Waals surface area contributed by atoms with E-state index in [4.69, 9.17) is 4.42 Å². The molecule has 152 valence electrons. The summed E-state index contributed by atoms with van der Waals surface area (Å²) in [7, 11) is 1.61. The maximum atomic E-state index is 12.4. The van der Waals surface area contributed by atoms with Crippen molar-refractivity contribution < 1.29 is 22.4 Å². The van der Waals surface area contributed by atoms with Gasteiger partial charge in [-0.1, -0.05) is 0 Å². The molecule has 1 atom stereocenters. The zero-order valence-electron chi connectivity index (χ0n) is 15.5. The van der Waals surface area contributed by atoms with Gasteiger partial charge in [-0.2, -0.15) is 13.2 Å². The predicted molar refractivity (Wildman–Crippen MR) is 95.8 cm³/mol. The summed E-state index contributed by atoms with van der Waals surface area (Å²) in [5.41, 5.74) is 0.784. The lowest BCUT2D eigenvalue weighted by Crippen LogP contribution is -2.45. The number of guanidine groups is 1. The average molecular weight is 389 g/mol. The fourth-order valence-corrected chi connectivity index (χ4v) is 2.92. The van der Waals surface area contributed by atoms with Crippen LogP contribution in [-0.4, -0.2) is 68.8 Å². The first-order valence-corrected chi connectivity index (χ1v) is 8.87. The monoisotopic (exact) mass is 389 g/mol. The van der Waals surface area contributed by atoms with Crippen molar-refractivity contribution >= 4 is 11.9 Å². The van der Waals surface area contributed by atoms with Crippen molar-refractivity contribution in [3.8, 4) is 0 Å². The lowest BCUT2D eigenvalue weighted by Gasteiger charge is -2.19. The Morgan fingerprint density at radius 3 is 2.74 bits per heavy atom. The molecule has 0 saturated carbocycles. The van der Waals surface area contributed by atoms with E-state index in [9.17, 15) is 18.0 Å². The summed E-state index contributed by atoms with van der Waals surface area (Å²) in [6.45, 7) is 2.69. The predicted octanol–water partition coefficient (Wildman–Crippen LogP) is 1.51. The molecule has 1 saturated heterocycles. The fraction of sp³-hybridized carbons (Fsp3) is 0.647. The van der Waals surface area contributed by atoms with Crippen LogP contribution in [0.5, 0.6) is 0 Å². The van der Waals surface area contributed by atoms with Gasteiger partial charge >= 0.3 is 6.18 Å². The van der Waals surface area contributed by atoms with Gasteiger partial charge in [0.1, 0.15) is 0 Å². The first kappa shape index (κ1) is 21.1. The van der Waals surface area contributed by atoms with E-state index in [1.165, 1.54) is 11.2 Å². The fourth-order valence-electron chi connectivity index (χ4n) is 2.92. The minimum Gasteiger partial charge on any atom is -0.459 e. The Kier molecular flexibility index (Phi) is 7.52. The Morgan fingerprint density at radius 2 is 2.11 bits per heavy atom. The van der Waals surface area contributed by atoms with Crippen LogP contribution in [0.1, 0.15) is 29.0 Å². The van der Waals surface area contributed by atoms with Gasteiger partial charge in [0.05, 0.1) is 12.8 Å². The number of alkyl halides is 3. The van der Waals surface area contributed by atoms with Crippen LogP contribution in [0.4, 0.5) is 13.2 Å². The molecule has 1 fully saturated rings. The molecule has 0 spiro atoms. The molecular formula is C17H26F3N5O2. The van der Waals surface area contributed by atoms with E-state index >= 15 is 0 Å². The molecule has 10 heteroatoms. The molecule has 7 nitrogen and oxygen atoms in total. The van der Waals surface area contributed by atoms with Crippen LogP contribution >= 0.6 is 0 Å². The van der Waals surface area contributed by atoms with Crippen LogP contribution in [0.15, 0.2) is 21.7 Å². The molecule has 0 radical (unpaired) electrons. The minimum absolute atomic E-state index is 0.0693. The van der Waals surface area contributed by atoms with Crippen molar-refractivity contribution in [3.63, 3.8) is 0 Å². The van der Waals surface area contributed by atoms with Crippen molar-refractivity contribution in [1.82, 2.24) is 20.9 Å². The zero-order chi connectivity index (χ0) is 19.9. The van der Waals surface area contributed by atoms with E-state index < -0.39 is 12.7 Å². The van der Waals surface area contributed by atoms with Crippen molar-refractivity contribution in [3.05, 3.63) is 23.7 Å². The molecule has 2 heterocycles. The maximum Gasteiger partial charge on any atom is 0.401 e. The Bertz CT molecular complexity index is 645. The lowest BCUT2D eigenvalue weighted by atomic mass is 10.2. The highest BCUT2D eigenvalue weighted by atomic mass is 19.4. The van der Waals surface area contributed by atoms with Crippen LogP contribution in [0.2, 0.25) is 0 Å². The maximum absolute atomic E-state index is 12.4. The second-order valence-corrected chi connectivity index (χ2v) is 6.52. The van der Waals surface area contributed by atoms with Crippen molar-refractivity contribution in [2.24, 2.45) is 4.99 Å². The molecule has 1 amide bonds. The normalized spacial score (nSPS) is 18.6. The average Bonchev–Trinajstić information content (AvgIpc) is 3.20. The van der Waals surface area contributed by atoms with Gasteiger partial charge in [0.25, 0.3) is 5.91 Å². The number of carbonyl (C=O) groups is 1. The molecule has 27 heavy (non-hydrogen) atoms. The van der Waals surface area contributed by atoms with Crippen molar-refractivity contribution in [2.45, 2.75) is 32.0 Å². The summed E-state index contributed by atoms with van der Waals surface area (Å²) in [4.78, 5) is 17.4. The number of amides is 1. The Labute approximate surface area is 156 Å². The van der Waals surface area contributed by atoms with Crippen LogP contribution < -0.4 is 16.0 Å². The molecule has 1 aliphatic rings. The van der Waals surface area contributed by atoms with Gasteiger partial charge in [-0.25, -0.2) is 0 Å². The van der Waals surface area contributed by atoms with Crippen LogP contribution in [0.3, 0.4) is 0 Å². The van der Waals surface area contributed by atoms with Gasteiger partial charge in [-0.05, 0) is 25.8 Å². The molecule has 3 N–H and O–H groups in total. The molecule has 1 aliphatic heterocycles. The van der Waals surface area contributed by atoms with E-state index in [1.807, 2.05) is 0 Å². The summed E-state index contributed by atoms with van der Waals surface area (Å²) in [6, 6.07) is 1.66. The van der Waals surface area contributed by atoms with Gasteiger partial charge in [0, 0.05) is 44.8 Å². The third-order valence-electron chi connectivity index (χ3n) is 4.24. The number of likely N-dealkylation sites (tertiary alicyclic amines) is 1. The third-order valence-corrected chi connectivity index (χ3v) is 4.24. The second kappa shape index (κ2) is 9.63. The van der Waals surface area contributed by atoms with E-state index in [2.05, 4.69) is 20.9 Å².